The van der Waals surface area contributed by atoms with Gasteiger partial charge in [0.2, 0.25) is 11.8 Å². The Balaban J connectivity index is 1.37. The maximum Gasteiger partial charge on any atom is 0.332 e. The average molecular weight is 542 g/mol. The molecule has 3 saturated heterocycles. The maximum atomic E-state index is 13.6. The number of barbiturate groups is 2. The molecule has 1 atom stereocenters. The van der Waals surface area contributed by atoms with Crippen LogP contribution in [0.4, 0.5) is 15.3 Å². The Bertz CT molecular complexity index is 1510. The second kappa shape index (κ2) is 9.15. The maximum absolute atomic E-state index is 13.6. The number of benzene rings is 2. The molecule has 0 aliphatic carbocycles. The number of carbonyl (C=O) groups excluding carboxylic acids is 6. The summed E-state index contributed by atoms with van der Waals surface area (Å²) in [5.74, 6) is -2.56. The van der Waals surface area contributed by atoms with Gasteiger partial charge in [0.05, 0.1) is 12.6 Å². The molecule has 2 aromatic carbocycles. The van der Waals surface area contributed by atoms with Crippen molar-refractivity contribution >= 4 is 47.5 Å². The van der Waals surface area contributed by atoms with E-state index in [2.05, 4.69) is 10.2 Å². The number of amides is 8. The fourth-order valence-electron chi connectivity index (χ4n) is 6.40. The first-order chi connectivity index (χ1) is 19.1. The van der Waals surface area contributed by atoms with Crippen molar-refractivity contribution in [1.29, 1.82) is 0 Å². The minimum Gasteiger partial charge on any atom is -0.367 e. The quantitative estimate of drug-likeness (QED) is 0.357. The standard InChI is InChI=1S/C29H27N5O6/c1-31-25(37)29(26(38)32(2)28(31)40)15-19-13-18(10-11-21(19)33-12-6-9-22(29)33)14-20-23(35)30-27(39)34(24(20)36)16-17-7-4-3-5-8-17/h3-5,7-8,10-11,13-14,22H,6,9,12,15-16H2,1-2H3,(H,30,35,39)/b20-14+/t22-/m1/s1. The van der Waals surface area contributed by atoms with Gasteiger partial charge in [-0.05, 0) is 54.2 Å². The van der Waals surface area contributed by atoms with Gasteiger partial charge < -0.3 is 4.90 Å². The molecule has 1 spiro atoms. The molecule has 2 aromatic rings. The Hall–Kier alpha value is -4.80. The van der Waals surface area contributed by atoms with Crippen LogP contribution in [-0.4, -0.2) is 77.1 Å². The normalized spacial score (nSPS) is 23.2. The molecule has 4 aliphatic heterocycles. The van der Waals surface area contributed by atoms with Crippen molar-refractivity contribution in [3.05, 3.63) is 70.8 Å². The van der Waals surface area contributed by atoms with E-state index in [9.17, 15) is 28.8 Å². The van der Waals surface area contributed by atoms with Crippen molar-refractivity contribution in [2.24, 2.45) is 5.41 Å². The summed E-state index contributed by atoms with van der Waals surface area (Å²) < 4.78 is 0. The molecule has 0 unspecified atom stereocenters. The molecule has 0 bridgehead atoms. The molecule has 8 amide bonds. The van der Waals surface area contributed by atoms with E-state index >= 15 is 0 Å². The predicted molar refractivity (Wildman–Crippen MR) is 142 cm³/mol. The molecular weight excluding hydrogens is 514 g/mol. The third kappa shape index (κ3) is 3.64. The topological polar surface area (TPSA) is 127 Å². The van der Waals surface area contributed by atoms with E-state index in [0.717, 1.165) is 32.4 Å². The minimum absolute atomic E-state index is 0.00314. The van der Waals surface area contributed by atoms with Crippen LogP contribution in [0.2, 0.25) is 0 Å². The van der Waals surface area contributed by atoms with Crippen molar-refractivity contribution in [3.8, 4) is 0 Å². The summed E-state index contributed by atoms with van der Waals surface area (Å²) in [6, 6.07) is 12.5. The van der Waals surface area contributed by atoms with Gasteiger partial charge in [-0.25, -0.2) is 9.59 Å². The smallest absolute Gasteiger partial charge is 0.332 e. The lowest BCUT2D eigenvalue weighted by Gasteiger charge is -2.50. The summed E-state index contributed by atoms with van der Waals surface area (Å²) in [5.41, 5.74) is 1.16. The van der Waals surface area contributed by atoms with E-state index in [1.54, 1.807) is 36.4 Å². The number of imide groups is 4. The summed E-state index contributed by atoms with van der Waals surface area (Å²) in [6.07, 6.45) is 2.93. The van der Waals surface area contributed by atoms with E-state index in [1.165, 1.54) is 20.2 Å². The fourth-order valence-corrected chi connectivity index (χ4v) is 6.40. The largest absolute Gasteiger partial charge is 0.367 e. The first-order valence-corrected chi connectivity index (χ1v) is 13.1. The van der Waals surface area contributed by atoms with Gasteiger partial charge >= 0.3 is 12.1 Å². The minimum atomic E-state index is -1.45. The number of hydrogen-bond acceptors (Lipinski definition) is 7. The van der Waals surface area contributed by atoms with Crippen LogP contribution in [0.25, 0.3) is 6.08 Å². The Kier molecular flexibility index (Phi) is 5.83. The van der Waals surface area contributed by atoms with Gasteiger partial charge in [0.1, 0.15) is 5.57 Å². The van der Waals surface area contributed by atoms with Gasteiger partial charge in [0.15, 0.2) is 5.41 Å². The lowest BCUT2D eigenvalue weighted by atomic mass is 9.68. The Labute approximate surface area is 230 Å². The molecule has 4 heterocycles. The summed E-state index contributed by atoms with van der Waals surface area (Å²) >= 11 is 0. The number of rotatable bonds is 3. The second-order valence-electron chi connectivity index (χ2n) is 10.6. The summed E-state index contributed by atoms with van der Waals surface area (Å²) in [6.45, 7) is 0.655. The van der Waals surface area contributed by atoms with Gasteiger partial charge in [-0.15, -0.1) is 0 Å². The zero-order chi connectivity index (χ0) is 28.3. The van der Waals surface area contributed by atoms with Gasteiger partial charge in [0.25, 0.3) is 11.8 Å². The van der Waals surface area contributed by atoms with Crippen LogP contribution in [0.3, 0.4) is 0 Å². The van der Waals surface area contributed by atoms with Gasteiger partial charge in [-0.2, -0.15) is 0 Å². The zero-order valence-electron chi connectivity index (χ0n) is 22.0. The number of urea groups is 2. The first-order valence-electron chi connectivity index (χ1n) is 13.1. The van der Waals surface area contributed by atoms with Crippen LogP contribution in [0.15, 0.2) is 54.1 Å². The van der Waals surface area contributed by atoms with E-state index in [1.807, 2.05) is 12.1 Å². The fraction of sp³-hybridized carbons (Fsp3) is 0.310. The SMILES string of the molecule is CN1C(=O)N(C)C(=O)C2(Cc3cc(/C=C4\C(=O)NC(=O)N(Cc5ccccc5)C4=O)ccc3N3CCC[C@@H]32)C1=O. The summed E-state index contributed by atoms with van der Waals surface area (Å²) in [7, 11) is 2.78. The second-order valence-corrected chi connectivity index (χ2v) is 10.6. The van der Waals surface area contributed by atoms with E-state index in [-0.39, 0.29) is 24.6 Å². The van der Waals surface area contributed by atoms with Crippen LogP contribution in [0, 0.1) is 5.41 Å². The molecule has 3 fully saturated rings. The monoisotopic (exact) mass is 541 g/mol. The molecule has 0 radical (unpaired) electrons. The molecule has 11 heteroatoms. The molecule has 6 rings (SSSR count). The Morgan fingerprint density at radius 2 is 1.65 bits per heavy atom. The molecule has 11 nitrogen and oxygen atoms in total. The van der Waals surface area contributed by atoms with Crippen molar-refractivity contribution < 1.29 is 28.8 Å². The van der Waals surface area contributed by atoms with Crippen LogP contribution < -0.4 is 10.2 Å². The van der Waals surface area contributed by atoms with E-state index < -0.39 is 41.1 Å². The van der Waals surface area contributed by atoms with Gasteiger partial charge in [0, 0.05) is 26.3 Å². The van der Waals surface area contributed by atoms with Crippen LogP contribution in [0.5, 0.6) is 0 Å². The van der Waals surface area contributed by atoms with E-state index in [4.69, 9.17) is 0 Å². The molecule has 1 N–H and O–H groups in total. The Morgan fingerprint density at radius 1 is 0.950 bits per heavy atom. The molecule has 0 aromatic heterocycles. The van der Waals surface area contributed by atoms with Crippen LogP contribution in [0.1, 0.15) is 29.5 Å². The predicted octanol–water partition coefficient (Wildman–Crippen LogP) is 1.91. The average Bonchev–Trinajstić information content (AvgIpc) is 3.45. The molecule has 204 valence electrons. The van der Waals surface area contributed by atoms with Gasteiger partial charge in [-0.1, -0.05) is 36.4 Å². The highest BCUT2D eigenvalue weighted by molar-refractivity contribution is 6.31. The lowest BCUT2D eigenvalue weighted by molar-refractivity contribution is -0.159. The third-order valence-electron chi connectivity index (χ3n) is 8.33. The molecule has 0 saturated carbocycles. The highest BCUT2D eigenvalue weighted by Gasteiger charge is 2.63. The first kappa shape index (κ1) is 25.5. The number of fused-ring (bicyclic) bond motifs is 4. The number of nitrogens with one attached hydrogen (secondary N) is 1. The molecule has 40 heavy (non-hydrogen) atoms. The zero-order valence-corrected chi connectivity index (χ0v) is 22.0. The van der Waals surface area contributed by atoms with Crippen molar-refractivity contribution in [2.45, 2.75) is 31.8 Å². The molecular formula is C29H27N5O6. The third-order valence-corrected chi connectivity index (χ3v) is 8.33. The molecule has 4 aliphatic rings. The number of nitrogens with zero attached hydrogens (tertiary/aromatic N) is 4. The van der Waals surface area contributed by atoms with Crippen LogP contribution >= 0.6 is 0 Å². The van der Waals surface area contributed by atoms with Crippen LogP contribution in [-0.2, 0) is 32.1 Å². The highest BCUT2D eigenvalue weighted by atomic mass is 16.2. The lowest BCUT2D eigenvalue weighted by Crippen LogP contribution is -2.70. The van der Waals surface area contributed by atoms with Crippen molar-refractivity contribution in [2.75, 3.05) is 25.5 Å². The summed E-state index contributed by atoms with van der Waals surface area (Å²) in [5, 5.41) is 2.23. The van der Waals surface area contributed by atoms with Gasteiger partial charge in [-0.3, -0.25) is 39.2 Å². The summed E-state index contributed by atoms with van der Waals surface area (Å²) in [4.78, 5) is 83.2. The van der Waals surface area contributed by atoms with E-state index in [0.29, 0.717) is 24.1 Å². The number of carbonyl (C=O) groups is 6. The number of hydrogen-bond donors (Lipinski definition) is 1. The number of anilines is 1. The van der Waals surface area contributed by atoms with Crippen molar-refractivity contribution in [3.63, 3.8) is 0 Å². The Morgan fingerprint density at radius 3 is 2.35 bits per heavy atom. The van der Waals surface area contributed by atoms with Crippen molar-refractivity contribution in [1.82, 2.24) is 20.0 Å². The highest BCUT2D eigenvalue weighted by Crippen LogP contribution is 2.49.